The van der Waals surface area contributed by atoms with Crippen molar-refractivity contribution in [2.45, 2.75) is 26.4 Å². The summed E-state index contributed by atoms with van der Waals surface area (Å²) in [6.07, 6.45) is -0.747. The Hall–Kier alpha value is -2.66. The molecule has 0 saturated heterocycles. The number of benzene rings is 1. The predicted octanol–water partition coefficient (Wildman–Crippen LogP) is 1.95. The molecule has 0 fully saturated rings. The maximum atomic E-state index is 11.9. The van der Waals surface area contributed by atoms with Gasteiger partial charge in [-0.25, -0.2) is 0 Å². The van der Waals surface area contributed by atoms with Gasteiger partial charge in [-0.05, 0) is 26.0 Å². The number of nitrogens with zero attached hydrogens (tertiary/aromatic N) is 2. The highest BCUT2D eigenvalue weighted by Gasteiger charge is 2.18. The minimum Gasteiger partial charge on any atom is -0.463 e. The summed E-state index contributed by atoms with van der Waals surface area (Å²) in [5.74, 6) is -1.18. The van der Waals surface area contributed by atoms with E-state index in [9.17, 15) is 9.59 Å². The molecule has 0 saturated carbocycles. The van der Waals surface area contributed by atoms with Crippen LogP contribution in [0.4, 0.5) is 0 Å². The monoisotopic (exact) mass is 256 g/mol. The number of Topliss-reactive ketones (excluding diaryl/α,β-unsaturated/α-hetero) is 1. The summed E-state index contributed by atoms with van der Waals surface area (Å²) in [6, 6.07) is 8.02. The fourth-order valence-corrected chi connectivity index (χ4v) is 1.53. The number of nitriles is 2. The van der Waals surface area contributed by atoms with Gasteiger partial charge in [0.25, 0.3) is 0 Å². The van der Waals surface area contributed by atoms with Crippen molar-refractivity contribution < 1.29 is 14.3 Å². The molecule has 0 N–H and O–H groups in total. The largest absolute Gasteiger partial charge is 0.463 e. The van der Waals surface area contributed by atoms with E-state index in [0.717, 1.165) is 0 Å². The topological polar surface area (TPSA) is 90.9 Å². The van der Waals surface area contributed by atoms with Crippen LogP contribution in [-0.4, -0.2) is 17.9 Å². The molecule has 0 aromatic heterocycles. The van der Waals surface area contributed by atoms with Gasteiger partial charge in [0, 0.05) is 5.56 Å². The summed E-state index contributed by atoms with van der Waals surface area (Å²) in [4.78, 5) is 23.3. The van der Waals surface area contributed by atoms with Crippen molar-refractivity contribution >= 4 is 11.8 Å². The lowest BCUT2D eigenvalue weighted by Gasteiger charge is -2.08. The first-order valence-electron chi connectivity index (χ1n) is 5.65. The van der Waals surface area contributed by atoms with Crippen molar-refractivity contribution in [3.8, 4) is 12.1 Å². The highest BCUT2D eigenvalue weighted by molar-refractivity contribution is 6.07. The molecule has 0 radical (unpaired) electrons. The number of hydrogen-bond acceptors (Lipinski definition) is 5. The summed E-state index contributed by atoms with van der Waals surface area (Å²) in [5, 5.41) is 17.8. The number of hydrogen-bond donors (Lipinski definition) is 0. The first-order valence-corrected chi connectivity index (χ1v) is 5.65. The lowest BCUT2D eigenvalue weighted by molar-refractivity contribution is -0.146. The second-order valence-electron chi connectivity index (χ2n) is 4.09. The zero-order valence-electron chi connectivity index (χ0n) is 10.6. The van der Waals surface area contributed by atoms with Gasteiger partial charge in [-0.2, -0.15) is 10.5 Å². The molecule has 1 aromatic rings. The summed E-state index contributed by atoms with van der Waals surface area (Å²) < 4.78 is 4.86. The molecule has 0 amide bonds. The molecule has 0 aliphatic carbocycles. The Labute approximate surface area is 111 Å². The molecule has 96 valence electrons. The summed E-state index contributed by atoms with van der Waals surface area (Å²) in [6.45, 7) is 3.36. The van der Waals surface area contributed by atoms with Crippen molar-refractivity contribution in [3.05, 3.63) is 34.9 Å². The molecule has 5 nitrogen and oxygen atoms in total. The van der Waals surface area contributed by atoms with Crippen molar-refractivity contribution in [1.29, 1.82) is 10.5 Å². The third-order valence-electron chi connectivity index (χ3n) is 2.27. The molecule has 19 heavy (non-hydrogen) atoms. The Morgan fingerprint density at radius 1 is 1.26 bits per heavy atom. The van der Waals surface area contributed by atoms with E-state index in [1.165, 1.54) is 18.2 Å². The fraction of sp³-hybridized carbons (Fsp3) is 0.286. The number of carbonyl (C=O) groups is 2. The molecule has 0 unspecified atom stereocenters. The van der Waals surface area contributed by atoms with Gasteiger partial charge in [0.05, 0.1) is 17.2 Å². The maximum Gasteiger partial charge on any atom is 0.313 e. The van der Waals surface area contributed by atoms with Gasteiger partial charge >= 0.3 is 5.97 Å². The lowest BCUT2D eigenvalue weighted by Crippen LogP contribution is -2.16. The normalized spacial score (nSPS) is 9.53. The van der Waals surface area contributed by atoms with Crippen LogP contribution in [0.1, 0.15) is 41.8 Å². The van der Waals surface area contributed by atoms with E-state index < -0.39 is 18.2 Å². The summed E-state index contributed by atoms with van der Waals surface area (Å²) in [5.41, 5.74) is 0.181. The molecule has 1 aromatic carbocycles. The smallest absolute Gasteiger partial charge is 0.313 e. The Bertz CT molecular complexity index is 592. The lowest BCUT2D eigenvalue weighted by atomic mass is 9.98. The van der Waals surface area contributed by atoms with E-state index in [-0.39, 0.29) is 22.8 Å². The van der Waals surface area contributed by atoms with E-state index in [2.05, 4.69) is 0 Å². The van der Waals surface area contributed by atoms with Crippen LogP contribution in [0.25, 0.3) is 0 Å². The molecule has 1 rings (SSSR count). The van der Waals surface area contributed by atoms with Crippen LogP contribution >= 0.6 is 0 Å². The van der Waals surface area contributed by atoms with Crippen LogP contribution in [0.3, 0.4) is 0 Å². The van der Waals surface area contributed by atoms with Crippen LogP contribution in [0.15, 0.2) is 18.2 Å². The highest BCUT2D eigenvalue weighted by Crippen LogP contribution is 2.15. The minimum absolute atomic E-state index is 0.00709. The molecule has 0 bridgehead atoms. The fourth-order valence-electron chi connectivity index (χ4n) is 1.53. The van der Waals surface area contributed by atoms with Gasteiger partial charge < -0.3 is 4.74 Å². The average molecular weight is 256 g/mol. The zero-order chi connectivity index (χ0) is 14.4. The number of ether oxygens (including phenoxy) is 1. The van der Waals surface area contributed by atoms with Crippen LogP contribution in [-0.2, 0) is 9.53 Å². The van der Waals surface area contributed by atoms with Gasteiger partial charge in [0.15, 0.2) is 5.78 Å². The summed E-state index contributed by atoms with van der Waals surface area (Å²) in [7, 11) is 0. The van der Waals surface area contributed by atoms with E-state index >= 15 is 0 Å². The number of esters is 1. The van der Waals surface area contributed by atoms with Crippen LogP contribution in [0, 0.1) is 22.7 Å². The molecule has 0 atom stereocenters. The number of carbonyl (C=O) groups excluding carboxylic acids is 2. The van der Waals surface area contributed by atoms with E-state index in [1.807, 2.05) is 12.1 Å². The van der Waals surface area contributed by atoms with Gasteiger partial charge in [-0.3, -0.25) is 9.59 Å². The standard InChI is InChI=1S/C14H12N2O3/c1-9(2)19-14(18)6-13(17)11-5-3-4-10(7-15)12(11)8-16/h3-5,9H,6H2,1-2H3. The Morgan fingerprint density at radius 2 is 1.95 bits per heavy atom. The van der Waals surface area contributed by atoms with Crippen molar-refractivity contribution in [2.24, 2.45) is 0 Å². The average Bonchev–Trinajstić information content (AvgIpc) is 2.36. The molecule has 0 heterocycles. The molecular formula is C14H12N2O3. The van der Waals surface area contributed by atoms with E-state index in [0.29, 0.717) is 0 Å². The maximum absolute atomic E-state index is 11.9. The predicted molar refractivity (Wildman–Crippen MR) is 66.0 cm³/mol. The SMILES string of the molecule is CC(C)OC(=O)CC(=O)c1cccc(C#N)c1C#N. The molecule has 5 heteroatoms. The van der Waals surface area contributed by atoms with E-state index in [4.69, 9.17) is 15.3 Å². The van der Waals surface area contributed by atoms with Crippen molar-refractivity contribution in [1.82, 2.24) is 0 Å². The first-order chi connectivity index (χ1) is 8.99. The highest BCUT2D eigenvalue weighted by atomic mass is 16.5. The van der Waals surface area contributed by atoms with Crippen LogP contribution in [0.5, 0.6) is 0 Å². The van der Waals surface area contributed by atoms with Crippen LogP contribution < -0.4 is 0 Å². The third kappa shape index (κ3) is 3.65. The van der Waals surface area contributed by atoms with Gasteiger partial charge in [-0.1, -0.05) is 6.07 Å². The molecule has 0 spiro atoms. The van der Waals surface area contributed by atoms with Gasteiger partial charge in [-0.15, -0.1) is 0 Å². The van der Waals surface area contributed by atoms with Gasteiger partial charge in [0.2, 0.25) is 0 Å². The molecule has 0 aliphatic heterocycles. The number of ketones is 1. The zero-order valence-corrected chi connectivity index (χ0v) is 10.6. The second-order valence-corrected chi connectivity index (χ2v) is 4.09. The Balaban J connectivity index is 2.99. The first kappa shape index (κ1) is 14.4. The quantitative estimate of drug-likeness (QED) is 0.466. The Kier molecular flexibility index (Phi) is 4.79. The van der Waals surface area contributed by atoms with Gasteiger partial charge in [0.1, 0.15) is 18.6 Å². The van der Waals surface area contributed by atoms with E-state index in [1.54, 1.807) is 13.8 Å². The molecule has 0 aliphatic rings. The van der Waals surface area contributed by atoms with Crippen molar-refractivity contribution in [3.63, 3.8) is 0 Å². The number of rotatable bonds is 4. The summed E-state index contributed by atoms with van der Waals surface area (Å²) >= 11 is 0. The third-order valence-corrected chi connectivity index (χ3v) is 2.27. The van der Waals surface area contributed by atoms with Crippen molar-refractivity contribution in [2.75, 3.05) is 0 Å². The van der Waals surface area contributed by atoms with Crippen LogP contribution in [0.2, 0.25) is 0 Å². The molecular weight excluding hydrogens is 244 g/mol. The second kappa shape index (κ2) is 6.32. The Morgan fingerprint density at radius 3 is 2.47 bits per heavy atom. The minimum atomic E-state index is -0.647.